The number of benzene rings is 2. The molecule has 0 saturated carbocycles. The Bertz CT molecular complexity index is 857. The molecule has 1 aliphatic rings. The van der Waals surface area contributed by atoms with E-state index in [2.05, 4.69) is 35.3 Å². The highest BCUT2D eigenvalue weighted by Gasteiger charge is 2.19. The highest BCUT2D eigenvalue weighted by atomic mass is 127. The zero-order chi connectivity index (χ0) is 20.6. The number of hydrogen-bond acceptors (Lipinski definition) is 2. The molecule has 0 atom stereocenters. The summed E-state index contributed by atoms with van der Waals surface area (Å²) in [6.07, 6.45) is 1.64. The van der Waals surface area contributed by atoms with E-state index in [0.29, 0.717) is 19.5 Å². The fourth-order valence-electron chi connectivity index (χ4n) is 3.49. The standard InChI is InChI=1S/C23H29ClN4O.HI/c1-3-25-23(27(2)16-18-9-11-21(24)12-10-18)26-15-19-6-4-7-20(14-19)17-28-13-5-8-22(28)29;/h4,6-7,9-12,14H,3,5,8,13,15-17H2,1-2H3,(H,25,26);1H. The lowest BCUT2D eigenvalue weighted by Crippen LogP contribution is -2.38. The zero-order valence-corrected chi connectivity index (χ0v) is 20.7. The molecule has 1 aliphatic heterocycles. The molecule has 5 nitrogen and oxygen atoms in total. The van der Waals surface area contributed by atoms with Crippen LogP contribution in [0.5, 0.6) is 0 Å². The normalized spacial score (nSPS) is 13.9. The van der Waals surface area contributed by atoms with Gasteiger partial charge < -0.3 is 15.1 Å². The first-order valence-corrected chi connectivity index (χ1v) is 10.5. The Kier molecular flexibility index (Phi) is 9.91. The number of halogens is 2. The van der Waals surface area contributed by atoms with Crippen molar-refractivity contribution < 1.29 is 4.79 Å². The monoisotopic (exact) mass is 540 g/mol. The zero-order valence-electron chi connectivity index (χ0n) is 17.6. The minimum Gasteiger partial charge on any atom is -0.357 e. The molecule has 0 aromatic heterocycles. The number of likely N-dealkylation sites (tertiary alicyclic amines) is 1. The Morgan fingerprint density at radius 1 is 1.17 bits per heavy atom. The van der Waals surface area contributed by atoms with E-state index in [1.165, 1.54) is 5.56 Å². The smallest absolute Gasteiger partial charge is 0.222 e. The van der Waals surface area contributed by atoms with Crippen LogP contribution < -0.4 is 5.32 Å². The van der Waals surface area contributed by atoms with Crippen LogP contribution in [0.15, 0.2) is 53.5 Å². The molecule has 30 heavy (non-hydrogen) atoms. The molecule has 0 bridgehead atoms. The number of carbonyl (C=O) groups is 1. The lowest BCUT2D eigenvalue weighted by molar-refractivity contribution is -0.128. The van der Waals surface area contributed by atoms with Crippen molar-refractivity contribution >= 4 is 47.4 Å². The van der Waals surface area contributed by atoms with Gasteiger partial charge in [0.1, 0.15) is 0 Å². The lowest BCUT2D eigenvalue weighted by atomic mass is 10.1. The van der Waals surface area contributed by atoms with Crippen LogP contribution in [0.3, 0.4) is 0 Å². The molecular weight excluding hydrogens is 511 g/mol. The van der Waals surface area contributed by atoms with Gasteiger partial charge >= 0.3 is 0 Å². The third kappa shape index (κ3) is 7.16. The molecule has 1 N–H and O–H groups in total. The fraction of sp³-hybridized carbons (Fsp3) is 0.391. The predicted molar refractivity (Wildman–Crippen MR) is 134 cm³/mol. The summed E-state index contributed by atoms with van der Waals surface area (Å²) in [6, 6.07) is 16.2. The van der Waals surface area contributed by atoms with Crippen molar-refractivity contribution in [2.24, 2.45) is 4.99 Å². The lowest BCUT2D eigenvalue weighted by Gasteiger charge is -2.22. The fourth-order valence-corrected chi connectivity index (χ4v) is 3.62. The Labute approximate surface area is 201 Å². The van der Waals surface area contributed by atoms with Gasteiger partial charge in [-0.25, -0.2) is 4.99 Å². The van der Waals surface area contributed by atoms with Gasteiger partial charge in [-0.2, -0.15) is 0 Å². The highest BCUT2D eigenvalue weighted by Crippen LogP contribution is 2.16. The van der Waals surface area contributed by atoms with E-state index in [0.717, 1.165) is 48.2 Å². The summed E-state index contributed by atoms with van der Waals surface area (Å²) >= 11 is 5.98. The Morgan fingerprint density at radius 3 is 2.57 bits per heavy atom. The van der Waals surface area contributed by atoms with Crippen molar-refractivity contribution in [3.05, 3.63) is 70.2 Å². The second-order valence-electron chi connectivity index (χ2n) is 7.39. The molecule has 1 amide bonds. The number of aliphatic imine (C=N–C) groups is 1. The number of nitrogens with zero attached hydrogens (tertiary/aromatic N) is 3. The minimum atomic E-state index is 0. The molecule has 2 aromatic carbocycles. The van der Waals surface area contributed by atoms with E-state index in [1.54, 1.807) is 0 Å². The Balaban J connectivity index is 0.00000320. The number of hydrogen-bond donors (Lipinski definition) is 1. The average Bonchev–Trinajstić information content (AvgIpc) is 3.11. The molecule has 0 aliphatic carbocycles. The summed E-state index contributed by atoms with van der Waals surface area (Å²) in [7, 11) is 2.03. The predicted octanol–water partition coefficient (Wildman–Crippen LogP) is 4.68. The molecule has 0 unspecified atom stereocenters. The van der Waals surface area contributed by atoms with Gasteiger partial charge in [-0.3, -0.25) is 4.79 Å². The molecule has 1 fully saturated rings. The van der Waals surface area contributed by atoms with Crippen LogP contribution in [0, 0.1) is 0 Å². The van der Waals surface area contributed by atoms with Crippen molar-refractivity contribution in [2.45, 2.75) is 39.4 Å². The van der Waals surface area contributed by atoms with Crippen LogP contribution in [0.4, 0.5) is 0 Å². The minimum absolute atomic E-state index is 0. The van der Waals surface area contributed by atoms with Gasteiger partial charge in [0.2, 0.25) is 5.91 Å². The maximum atomic E-state index is 11.9. The van der Waals surface area contributed by atoms with Gasteiger partial charge in [-0.1, -0.05) is 48.0 Å². The summed E-state index contributed by atoms with van der Waals surface area (Å²) in [5, 5.41) is 4.10. The van der Waals surface area contributed by atoms with Crippen molar-refractivity contribution in [1.29, 1.82) is 0 Å². The number of amides is 1. The van der Waals surface area contributed by atoms with E-state index < -0.39 is 0 Å². The van der Waals surface area contributed by atoms with Crippen molar-refractivity contribution in [1.82, 2.24) is 15.1 Å². The second-order valence-corrected chi connectivity index (χ2v) is 7.83. The molecule has 0 radical (unpaired) electrons. The summed E-state index contributed by atoms with van der Waals surface area (Å²) in [6.45, 7) is 5.77. The summed E-state index contributed by atoms with van der Waals surface area (Å²) < 4.78 is 0. The SMILES string of the molecule is CCNC(=NCc1cccc(CN2CCCC2=O)c1)N(C)Cc1ccc(Cl)cc1.I. The van der Waals surface area contributed by atoms with E-state index >= 15 is 0 Å². The van der Waals surface area contributed by atoms with Crippen molar-refractivity contribution in [3.63, 3.8) is 0 Å². The first kappa shape index (κ1) is 24.5. The third-order valence-electron chi connectivity index (χ3n) is 4.98. The van der Waals surface area contributed by atoms with E-state index in [1.807, 2.05) is 42.3 Å². The van der Waals surface area contributed by atoms with Gasteiger partial charge in [-0.05, 0) is 42.2 Å². The molecule has 7 heteroatoms. The maximum Gasteiger partial charge on any atom is 0.222 e. The van der Waals surface area contributed by atoms with E-state index in [-0.39, 0.29) is 29.9 Å². The first-order valence-electron chi connectivity index (χ1n) is 10.1. The number of nitrogens with one attached hydrogen (secondary N) is 1. The first-order chi connectivity index (χ1) is 14.0. The molecule has 0 spiro atoms. The van der Waals surface area contributed by atoms with E-state index in [4.69, 9.17) is 16.6 Å². The molecule has 2 aromatic rings. The quantitative estimate of drug-likeness (QED) is 0.315. The van der Waals surface area contributed by atoms with Gasteiger partial charge in [-0.15, -0.1) is 24.0 Å². The van der Waals surface area contributed by atoms with Gasteiger partial charge in [0.15, 0.2) is 5.96 Å². The highest BCUT2D eigenvalue weighted by molar-refractivity contribution is 14.0. The maximum absolute atomic E-state index is 11.9. The van der Waals surface area contributed by atoms with Crippen molar-refractivity contribution in [3.8, 4) is 0 Å². The van der Waals surface area contributed by atoms with Crippen LogP contribution in [-0.2, 0) is 24.4 Å². The molecule has 1 heterocycles. The summed E-state index contributed by atoms with van der Waals surface area (Å²) in [4.78, 5) is 20.7. The number of guanidine groups is 1. The molecule has 3 rings (SSSR count). The van der Waals surface area contributed by atoms with Gasteiger partial charge in [0, 0.05) is 44.7 Å². The topological polar surface area (TPSA) is 47.9 Å². The van der Waals surface area contributed by atoms with Crippen molar-refractivity contribution in [2.75, 3.05) is 20.1 Å². The van der Waals surface area contributed by atoms with Gasteiger partial charge in [0.25, 0.3) is 0 Å². The largest absolute Gasteiger partial charge is 0.357 e. The molecule has 162 valence electrons. The number of rotatable bonds is 7. The van der Waals surface area contributed by atoms with Crippen LogP contribution in [-0.4, -0.2) is 41.8 Å². The average molecular weight is 541 g/mol. The Morgan fingerprint density at radius 2 is 1.90 bits per heavy atom. The summed E-state index contributed by atoms with van der Waals surface area (Å²) in [5.41, 5.74) is 3.48. The van der Waals surface area contributed by atoms with Gasteiger partial charge in [0.05, 0.1) is 6.54 Å². The van der Waals surface area contributed by atoms with Crippen LogP contribution >= 0.6 is 35.6 Å². The van der Waals surface area contributed by atoms with Crippen LogP contribution in [0.25, 0.3) is 0 Å². The second kappa shape index (κ2) is 12.2. The Hall–Kier alpha value is -1.80. The van der Waals surface area contributed by atoms with Crippen LogP contribution in [0.1, 0.15) is 36.5 Å². The summed E-state index contributed by atoms with van der Waals surface area (Å²) in [5.74, 6) is 1.12. The van der Waals surface area contributed by atoms with E-state index in [9.17, 15) is 4.79 Å². The molecule has 1 saturated heterocycles. The van der Waals surface area contributed by atoms with Crippen LogP contribution in [0.2, 0.25) is 5.02 Å². The number of carbonyl (C=O) groups excluding carboxylic acids is 1. The molecular formula is C23H30ClIN4O. The third-order valence-corrected chi connectivity index (χ3v) is 5.23.